The molecule has 2 amide bonds. The average Bonchev–Trinajstić information content (AvgIpc) is 3.42. The zero-order valence-corrected chi connectivity index (χ0v) is 14.4. The number of nitrogens with zero attached hydrogens (tertiary/aromatic N) is 2. The van der Waals surface area contributed by atoms with Crippen molar-refractivity contribution in [2.24, 2.45) is 17.8 Å². The number of para-hydroxylation sites is 1. The van der Waals surface area contributed by atoms with Crippen LogP contribution in [0.15, 0.2) is 36.5 Å². The number of carbonyl (C=O) groups excluding carboxylic acids is 2. The summed E-state index contributed by atoms with van der Waals surface area (Å²) < 4.78 is 0. The number of pyridine rings is 1. The Morgan fingerprint density at radius 2 is 2.04 bits per heavy atom. The first-order valence-corrected chi connectivity index (χ1v) is 9.07. The lowest BCUT2D eigenvalue weighted by Crippen LogP contribution is -2.40. The molecule has 0 radical (unpaired) electrons. The fourth-order valence-corrected chi connectivity index (χ4v) is 3.81. The molecule has 4 rings (SSSR count). The van der Waals surface area contributed by atoms with Gasteiger partial charge in [-0.25, -0.2) is 0 Å². The summed E-state index contributed by atoms with van der Waals surface area (Å²) in [5.41, 5.74) is 1.50. The van der Waals surface area contributed by atoms with E-state index in [0.717, 1.165) is 30.4 Å². The number of carbonyl (C=O) groups is 2. The first-order chi connectivity index (χ1) is 12.1. The molecule has 1 saturated heterocycles. The van der Waals surface area contributed by atoms with Crippen LogP contribution in [0.2, 0.25) is 0 Å². The van der Waals surface area contributed by atoms with Gasteiger partial charge < -0.3 is 10.2 Å². The molecule has 0 spiro atoms. The summed E-state index contributed by atoms with van der Waals surface area (Å²) >= 11 is 0. The van der Waals surface area contributed by atoms with Crippen LogP contribution in [0.1, 0.15) is 26.2 Å². The lowest BCUT2D eigenvalue weighted by Gasteiger charge is -2.31. The third kappa shape index (κ3) is 3.23. The first-order valence-electron chi connectivity index (χ1n) is 9.07. The van der Waals surface area contributed by atoms with E-state index < -0.39 is 0 Å². The monoisotopic (exact) mass is 337 g/mol. The number of hydrogen-bond donors (Lipinski definition) is 1. The van der Waals surface area contributed by atoms with E-state index >= 15 is 0 Å². The van der Waals surface area contributed by atoms with Crippen molar-refractivity contribution in [2.75, 3.05) is 18.4 Å². The van der Waals surface area contributed by atoms with Gasteiger partial charge in [0.25, 0.3) is 0 Å². The average molecular weight is 337 g/mol. The summed E-state index contributed by atoms with van der Waals surface area (Å²) in [7, 11) is 0. The van der Waals surface area contributed by atoms with Gasteiger partial charge in [-0.3, -0.25) is 14.6 Å². The Balaban J connectivity index is 1.42. The largest absolute Gasteiger partial charge is 0.342 e. The highest BCUT2D eigenvalue weighted by atomic mass is 16.2. The van der Waals surface area contributed by atoms with Crippen LogP contribution in [0.4, 0.5) is 5.69 Å². The molecule has 1 aromatic carbocycles. The minimum absolute atomic E-state index is 0.0680. The van der Waals surface area contributed by atoms with Crippen molar-refractivity contribution in [3.63, 3.8) is 0 Å². The van der Waals surface area contributed by atoms with Crippen LogP contribution in [0.3, 0.4) is 0 Å². The molecule has 1 N–H and O–H groups in total. The first kappa shape index (κ1) is 16.1. The Morgan fingerprint density at radius 3 is 2.88 bits per heavy atom. The molecule has 2 fully saturated rings. The van der Waals surface area contributed by atoms with E-state index in [2.05, 4.69) is 17.2 Å². The van der Waals surface area contributed by atoms with Gasteiger partial charge in [0.2, 0.25) is 11.8 Å². The van der Waals surface area contributed by atoms with Gasteiger partial charge >= 0.3 is 0 Å². The topological polar surface area (TPSA) is 62.3 Å². The molecule has 3 unspecified atom stereocenters. The minimum Gasteiger partial charge on any atom is -0.342 e. The van der Waals surface area contributed by atoms with Gasteiger partial charge in [-0.05, 0) is 37.3 Å². The molecule has 1 aliphatic carbocycles. The Morgan fingerprint density at radius 1 is 1.20 bits per heavy atom. The third-order valence-electron chi connectivity index (χ3n) is 5.30. The van der Waals surface area contributed by atoms with Crippen LogP contribution in [0.5, 0.6) is 0 Å². The van der Waals surface area contributed by atoms with Gasteiger partial charge in [0.1, 0.15) is 0 Å². The SMILES string of the molecule is CC1CCCN(C(=O)C2CC2C(=O)Nc2cccc3cccnc23)C1. The summed E-state index contributed by atoms with van der Waals surface area (Å²) in [6, 6.07) is 9.59. The number of nitrogens with one attached hydrogen (secondary N) is 1. The van der Waals surface area contributed by atoms with E-state index in [9.17, 15) is 9.59 Å². The number of amides is 2. The maximum atomic E-state index is 12.6. The molecule has 0 bridgehead atoms. The molecule has 1 saturated carbocycles. The zero-order chi connectivity index (χ0) is 17.4. The van der Waals surface area contributed by atoms with E-state index in [1.807, 2.05) is 35.2 Å². The molecular weight excluding hydrogens is 314 g/mol. The van der Waals surface area contributed by atoms with E-state index in [1.54, 1.807) is 6.20 Å². The molecule has 25 heavy (non-hydrogen) atoms. The van der Waals surface area contributed by atoms with Crippen LogP contribution >= 0.6 is 0 Å². The molecule has 2 aliphatic rings. The highest BCUT2D eigenvalue weighted by Crippen LogP contribution is 2.41. The molecule has 130 valence electrons. The number of aromatic nitrogens is 1. The van der Waals surface area contributed by atoms with Crippen molar-refractivity contribution in [2.45, 2.75) is 26.2 Å². The summed E-state index contributed by atoms with van der Waals surface area (Å²) in [5.74, 6) is 0.298. The maximum Gasteiger partial charge on any atom is 0.228 e. The molecule has 3 atom stereocenters. The van der Waals surface area contributed by atoms with E-state index in [-0.39, 0.29) is 23.7 Å². The second-order valence-electron chi connectivity index (χ2n) is 7.35. The van der Waals surface area contributed by atoms with Gasteiger partial charge in [-0.2, -0.15) is 0 Å². The van der Waals surface area contributed by atoms with Crippen LogP contribution in [0.25, 0.3) is 10.9 Å². The predicted octanol–water partition coefficient (Wildman–Crippen LogP) is 3.07. The highest BCUT2D eigenvalue weighted by molar-refractivity contribution is 6.04. The fourth-order valence-electron chi connectivity index (χ4n) is 3.81. The number of fused-ring (bicyclic) bond motifs is 1. The van der Waals surface area contributed by atoms with Crippen molar-refractivity contribution in [1.82, 2.24) is 9.88 Å². The van der Waals surface area contributed by atoms with Gasteiger partial charge in [0.15, 0.2) is 0 Å². The molecule has 2 heterocycles. The molecule has 1 aliphatic heterocycles. The van der Waals surface area contributed by atoms with Crippen LogP contribution in [-0.2, 0) is 9.59 Å². The lowest BCUT2D eigenvalue weighted by atomic mass is 10.00. The Hall–Kier alpha value is -2.43. The lowest BCUT2D eigenvalue weighted by molar-refractivity contribution is -0.135. The molecule has 1 aromatic heterocycles. The molecule has 2 aromatic rings. The normalized spacial score (nSPS) is 25.6. The number of piperidine rings is 1. The van der Waals surface area contributed by atoms with E-state index in [1.165, 1.54) is 6.42 Å². The molecular formula is C20H23N3O2. The third-order valence-corrected chi connectivity index (χ3v) is 5.30. The van der Waals surface area contributed by atoms with Gasteiger partial charge in [0.05, 0.1) is 23.0 Å². The standard InChI is InChI=1S/C20H23N3O2/c1-13-5-4-10-23(12-13)20(25)16-11-15(16)19(24)22-17-8-2-6-14-7-3-9-21-18(14)17/h2-3,6-9,13,15-16H,4-5,10-12H2,1H3,(H,22,24). The predicted molar refractivity (Wildman–Crippen MR) is 96.9 cm³/mol. The van der Waals surface area contributed by atoms with E-state index in [4.69, 9.17) is 0 Å². The Labute approximate surface area is 147 Å². The summed E-state index contributed by atoms with van der Waals surface area (Å²) in [6.45, 7) is 3.85. The van der Waals surface area contributed by atoms with Gasteiger partial charge in [0, 0.05) is 24.7 Å². The van der Waals surface area contributed by atoms with Crippen LogP contribution < -0.4 is 5.32 Å². The van der Waals surface area contributed by atoms with Crippen molar-refractivity contribution < 1.29 is 9.59 Å². The summed E-state index contributed by atoms with van der Waals surface area (Å²) in [5, 5.41) is 3.96. The van der Waals surface area contributed by atoms with Crippen molar-refractivity contribution >= 4 is 28.4 Å². The quantitative estimate of drug-likeness (QED) is 0.936. The van der Waals surface area contributed by atoms with Crippen molar-refractivity contribution in [1.29, 1.82) is 0 Å². The number of rotatable bonds is 3. The highest BCUT2D eigenvalue weighted by Gasteiger charge is 2.49. The minimum atomic E-state index is -0.205. The van der Waals surface area contributed by atoms with Crippen LogP contribution in [0, 0.1) is 17.8 Å². The molecule has 5 nitrogen and oxygen atoms in total. The van der Waals surface area contributed by atoms with Crippen LogP contribution in [-0.4, -0.2) is 34.8 Å². The smallest absolute Gasteiger partial charge is 0.228 e. The Bertz CT molecular complexity index is 814. The number of benzene rings is 1. The second kappa shape index (κ2) is 6.47. The van der Waals surface area contributed by atoms with Crippen molar-refractivity contribution in [3.8, 4) is 0 Å². The summed E-state index contributed by atoms with van der Waals surface area (Å²) in [4.78, 5) is 31.5. The summed E-state index contributed by atoms with van der Waals surface area (Å²) in [6.07, 6.45) is 4.64. The number of likely N-dealkylation sites (tertiary alicyclic amines) is 1. The van der Waals surface area contributed by atoms with Gasteiger partial charge in [-0.1, -0.05) is 25.1 Å². The number of hydrogen-bond acceptors (Lipinski definition) is 3. The van der Waals surface area contributed by atoms with Crippen molar-refractivity contribution in [3.05, 3.63) is 36.5 Å². The maximum absolute atomic E-state index is 12.6. The van der Waals surface area contributed by atoms with E-state index in [0.29, 0.717) is 18.0 Å². The van der Waals surface area contributed by atoms with Gasteiger partial charge in [-0.15, -0.1) is 0 Å². The Kier molecular flexibility index (Phi) is 4.15. The number of anilines is 1. The second-order valence-corrected chi connectivity index (χ2v) is 7.35. The fraction of sp³-hybridized carbons (Fsp3) is 0.450. The zero-order valence-electron chi connectivity index (χ0n) is 14.4. The molecule has 5 heteroatoms.